The molecule has 1 rings (SSSR count). The number of carbonyl (C=O) groups is 1. The van der Waals surface area contributed by atoms with Crippen molar-refractivity contribution in [1.82, 2.24) is 19.5 Å². The van der Waals surface area contributed by atoms with E-state index in [1.165, 1.54) is 11.0 Å². The summed E-state index contributed by atoms with van der Waals surface area (Å²) in [6.45, 7) is 7.10. The summed E-state index contributed by atoms with van der Waals surface area (Å²) in [5, 5.41) is 13.0. The van der Waals surface area contributed by atoms with Crippen LogP contribution in [0.2, 0.25) is 0 Å². The maximum Gasteiger partial charge on any atom is 0.305 e. The van der Waals surface area contributed by atoms with E-state index in [9.17, 15) is 9.35 Å². The molecule has 0 saturated carbocycles. The molecule has 1 unspecified atom stereocenters. The summed E-state index contributed by atoms with van der Waals surface area (Å²) in [7, 11) is 1.67. The fourth-order valence-corrected chi connectivity index (χ4v) is 2.50. The summed E-state index contributed by atoms with van der Waals surface area (Å²) < 4.78 is 16.1. The SMILES string of the molecule is Cn1ncnc1[C@](C)(CC(=O)O)N[S+]([O-])C(C)(C)C. The number of carboxylic acid groups (broad SMARTS) is 1. The van der Waals surface area contributed by atoms with E-state index in [4.69, 9.17) is 5.11 Å². The second-order valence-electron chi connectivity index (χ2n) is 5.59. The van der Waals surface area contributed by atoms with E-state index < -0.39 is 27.6 Å². The fourth-order valence-electron chi connectivity index (χ4n) is 1.62. The van der Waals surface area contributed by atoms with Crippen LogP contribution >= 0.6 is 0 Å². The molecule has 8 heteroatoms. The highest BCUT2D eigenvalue weighted by molar-refractivity contribution is 7.90. The van der Waals surface area contributed by atoms with Crippen molar-refractivity contribution < 1.29 is 14.5 Å². The first kappa shape index (κ1) is 15.9. The minimum Gasteiger partial charge on any atom is -0.598 e. The Labute approximate surface area is 115 Å². The van der Waals surface area contributed by atoms with Gasteiger partial charge in [-0.1, -0.05) is 0 Å². The second kappa shape index (κ2) is 5.48. The highest BCUT2D eigenvalue weighted by Gasteiger charge is 2.41. The monoisotopic (exact) mass is 288 g/mol. The molecule has 0 bridgehead atoms. The summed E-state index contributed by atoms with van der Waals surface area (Å²) >= 11 is -1.41. The molecule has 0 aliphatic rings. The van der Waals surface area contributed by atoms with Crippen molar-refractivity contribution in [3.05, 3.63) is 12.2 Å². The molecule has 19 heavy (non-hydrogen) atoms. The van der Waals surface area contributed by atoms with Crippen molar-refractivity contribution in [2.24, 2.45) is 7.05 Å². The predicted octanol–water partition coefficient (Wildman–Crippen LogP) is 0.557. The Balaban J connectivity index is 3.08. The number of aryl methyl sites for hydroxylation is 1. The molecule has 7 nitrogen and oxygen atoms in total. The van der Waals surface area contributed by atoms with Gasteiger partial charge < -0.3 is 9.66 Å². The van der Waals surface area contributed by atoms with Gasteiger partial charge in [-0.25, -0.2) is 4.98 Å². The first-order chi connectivity index (χ1) is 8.56. The van der Waals surface area contributed by atoms with Crippen LogP contribution in [0.5, 0.6) is 0 Å². The number of carboxylic acids is 1. The van der Waals surface area contributed by atoms with Gasteiger partial charge in [0.1, 0.15) is 16.6 Å². The topological polar surface area (TPSA) is 103 Å². The Bertz CT molecular complexity index is 457. The average Bonchev–Trinajstić information content (AvgIpc) is 2.61. The van der Waals surface area contributed by atoms with Crippen LogP contribution in [0.15, 0.2) is 6.33 Å². The first-order valence-electron chi connectivity index (χ1n) is 5.82. The third-order valence-corrected chi connectivity index (χ3v) is 4.33. The van der Waals surface area contributed by atoms with E-state index in [2.05, 4.69) is 14.8 Å². The zero-order valence-corrected chi connectivity index (χ0v) is 12.6. The molecule has 0 radical (unpaired) electrons. The maximum absolute atomic E-state index is 12.2. The van der Waals surface area contributed by atoms with E-state index >= 15 is 0 Å². The smallest absolute Gasteiger partial charge is 0.305 e. The van der Waals surface area contributed by atoms with Gasteiger partial charge in [0.25, 0.3) is 0 Å². The van der Waals surface area contributed by atoms with Gasteiger partial charge in [-0.3, -0.25) is 9.48 Å². The lowest BCUT2D eigenvalue weighted by Gasteiger charge is -2.33. The maximum atomic E-state index is 12.2. The van der Waals surface area contributed by atoms with Crippen LogP contribution in [-0.2, 0) is 28.7 Å². The fraction of sp³-hybridized carbons (Fsp3) is 0.727. The van der Waals surface area contributed by atoms with E-state index in [-0.39, 0.29) is 6.42 Å². The lowest BCUT2D eigenvalue weighted by Crippen LogP contribution is -2.51. The van der Waals surface area contributed by atoms with E-state index in [0.717, 1.165) is 0 Å². The van der Waals surface area contributed by atoms with E-state index in [1.54, 1.807) is 14.0 Å². The Hall–Kier alpha value is -1.12. The molecule has 1 aromatic rings. The number of rotatable bonds is 5. The molecule has 1 heterocycles. The Morgan fingerprint density at radius 1 is 1.53 bits per heavy atom. The minimum atomic E-state index is -1.41. The zero-order valence-electron chi connectivity index (χ0n) is 11.8. The Morgan fingerprint density at radius 3 is 2.47 bits per heavy atom. The van der Waals surface area contributed by atoms with Crippen molar-refractivity contribution in [3.8, 4) is 0 Å². The van der Waals surface area contributed by atoms with E-state index in [1.807, 2.05) is 20.8 Å². The average molecular weight is 288 g/mol. The molecule has 2 atom stereocenters. The van der Waals surface area contributed by atoms with Crippen LogP contribution in [0, 0.1) is 0 Å². The molecule has 0 amide bonds. The molecule has 0 aromatic carbocycles. The summed E-state index contributed by atoms with van der Waals surface area (Å²) in [5.41, 5.74) is -1.05. The quantitative estimate of drug-likeness (QED) is 0.767. The van der Waals surface area contributed by atoms with Crippen LogP contribution in [0.3, 0.4) is 0 Å². The largest absolute Gasteiger partial charge is 0.598 e. The molecule has 0 saturated heterocycles. The highest BCUT2D eigenvalue weighted by Crippen LogP contribution is 2.26. The van der Waals surface area contributed by atoms with Crippen LogP contribution in [0.1, 0.15) is 39.9 Å². The van der Waals surface area contributed by atoms with Gasteiger partial charge in [-0.05, 0) is 27.7 Å². The van der Waals surface area contributed by atoms with Crippen molar-refractivity contribution in [2.75, 3.05) is 0 Å². The molecule has 0 aliphatic carbocycles. The van der Waals surface area contributed by atoms with Crippen molar-refractivity contribution in [2.45, 2.75) is 44.4 Å². The normalized spacial score (nSPS) is 16.9. The first-order valence-corrected chi connectivity index (χ1v) is 6.97. The van der Waals surface area contributed by atoms with Gasteiger partial charge in [0.15, 0.2) is 5.82 Å². The molecular weight excluding hydrogens is 268 g/mol. The van der Waals surface area contributed by atoms with Gasteiger partial charge in [-0.2, -0.15) is 5.10 Å². The highest BCUT2D eigenvalue weighted by atomic mass is 32.2. The summed E-state index contributed by atoms with van der Waals surface area (Å²) in [4.78, 5) is 15.1. The summed E-state index contributed by atoms with van der Waals surface area (Å²) in [6, 6.07) is 0. The third-order valence-electron chi connectivity index (χ3n) is 2.58. The van der Waals surface area contributed by atoms with Crippen LogP contribution in [0.25, 0.3) is 0 Å². The van der Waals surface area contributed by atoms with Gasteiger partial charge in [0.2, 0.25) is 0 Å². The van der Waals surface area contributed by atoms with Crippen molar-refractivity contribution >= 4 is 17.3 Å². The number of nitrogens with zero attached hydrogens (tertiary/aromatic N) is 3. The second-order valence-corrected chi connectivity index (χ2v) is 7.56. The third kappa shape index (κ3) is 3.92. The molecule has 2 N–H and O–H groups in total. The number of hydrogen-bond acceptors (Lipinski definition) is 5. The molecule has 1 aromatic heterocycles. The summed E-state index contributed by atoms with van der Waals surface area (Å²) in [6.07, 6.45) is 1.11. The van der Waals surface area contributed by atoms with Crippen LogP contribution in [-0.4, -0.2) is 35.1 Å². The number of aromatic nitrogens is 3. The van der Waals surface area contributed by atoms with Gasteiger partial charge in [0.05, 0.1) is 6.42 Å². The number of hydrogen-bond donors (Lipinski definition) is 2. The van der Waals surface area contributed by atoms with Gasteiger partial charge >= 0.3 is 5.97 Å². The van der Waals surface area contributed by atoms with Gasteiger partial charge in [-0.15, -0.1) is 4.72 Å². The molecule has 0 fully saturated rings. The number of nitrogens with one attached hydrogen (secondary N) is 1. The molecular formula is C11H20N4O3S. The zero-order chi connectivity index (χ0) is 14.8. The van der Waals surface area contributed by atoms with E-state index in [0.29, 0.717) is 5.82 Å². The number of aliphatic carboxylic acids is 1. The Kier molecular flexibility index (Phi) is 4.59. The van der Waals surface area contributed by atoms with Crippen molar-refractivity contribution in [1.29, 1.82) is 0 Å². The molecule has 0 spiro atoms. The standard InChI is InChI=1S/C11H20N4O3S/c1-10(2,3)19(18)14-11(4,6-8(16)17)9-12-7-13-15(9)5/h7,14H,6H2,1-5H3,(H,16,17)/t11-,19?/m0/s1. The van der Waals surface area contributed by atoms with Crippen molar-refractivity contribution in [3.63, 3.8) is 0 Å². The molecule has 0 aliphatic heterocycles. The molecule has 108 valence electrons. The lowest BCUT2D eigenvalue weighted by atomic mass is 9.98. The Morgan fingerprint density at radius 2 is 2.11 bits per heavy atom. The lowest BCUT2D eigenvalue weighted by molar-refractivity contribution is -0.138. The van der Waals surface area contributed by atoms with Crippen LogP contribution < -0.4 is 4.72 Å². The van der Waals surface area contributed by atoms with Gasteiger partial charge in [0, 0.05) is 18.4 Å². The summed E-state index contributed by atoms with van der Waals surface area (Å²) in [5.74, 6) is -0.559. The predicted molar refractivity (Wildman–Crippen MR) is 71.6 cm³/mol. The van der Waals surface area contributed by atoms with Crippen LogP contribution in [0.4, 0.5) is 0 Å². The minimum absolute atomic E-state index is 0.235.